The van der Waals surface area contributed by atoms with E-state index in [9.17, 15) is 4.79 Å². The van der Waals surface area contributed by atoms with E-state index in [4.69, 9.17) is 9.78 Å². The monoisotopic (exact) mass is 368 g/mol. The van der Waals surface area contributed by atoms with Crippen LogP contribution >= 0.6 is 0 Å². The number of nitrogens with zero attached hydrogens (tertiary/aromatic N) is 3. The molecule has 0 saturated heterocycles. The number of amides is 1. The summed E-state index contributed by atoms with van der Waals surface area (Å²) in [5, 5.41) is 16.5. The van der Waals surface area contributed by atoms with Crippen LogP contribution in [-0.2, 0) is 6.54 Å². The maximum absolute atomic E-state index is 12.9. The first kappa shape index (κ1) is 17.4. The van der Waals surface area contributed by atoms with Crippen LogP contribution in [0.5, 0.6) is 0 Å². The third kappa shape index (κ3) is 3.33. The number of hydrogen-bond acceptors (Lipinski definition) is 5. The highest BCUT2D eigenvalue weighted by atomic mass is 16.5. The fraction of sp³-hybridized carbons (Fsp3) is 0.0909. The molecule has 0 aliphatic heterocycles. The molecule has 136 valence electrons. The van der Waals surface area contributed by atoms with Gasteiger partial charge in [0.1, 0.15) is 0 Å². The van der Waals surface area contributed by atoms with Gasteiger partial charge in [0.15, 0.2) is 0 Å². The molecule has 1 amide bonds. The van der Waals surface area contributed by atoms with Gasteiger partial charge in [-0.05, 0) is 30.7 Å². The molecule has 6 nitrogen and oxygen atoms in total. The molecule has 0 spiro atoms. The lowest BCUT2D eigenvalue weighted by Crippen LogP contribution is -2.23. The van der Waals surface area contributed by atoms with Crippen molar-refractivity contribution < 1.29 is 9.32 Å². The predicted molar refractivity (Wildman–Crippen MR) is 104 cm³/mol. The highest BCUT2D eigenvalue weighted by Crippen LogP contribution is 2.27. The third-order valence-corrected chi connectivity index (χ3v) is 4.44. The van der Waals surface area contributed by atoms with Crippen LogP contribution in [0.25, 0.3) is 22.4 Å². The molecule has 28 heavy (non-hydrogen) atoms. The molecule has 0 unspecified atom stereocenters. The Morgan fingerprint density at radius 2 is 1.96 bits per heavy atom. The lowest BCUT2D eigenvalue weighted by atomic mass is 10.0. The van der Waals surface area contributed by atoms with Gasteiger partial charge in [-0.2, -0.15) is 5.26 Å². The zero-order valence-electron chi connectivity index (χ0n) is 15.1. The first-order valence-corrected chi connectivity index (χ1v) is 8.75. The summed E-state index contributed by atoms with van der Waals surface area (Å²) < 4.78 is 5.32. The van der Waals surface area contributed by atoms with Crippen molar-refractivity contribution in [2.24, 2.45) is 0 Å². The molecule has 2 heterocycles. The molecule has 0 aliphatic rings. The number of benzene rings is 2. The Morgan fingerprint density at radius 1 is 1.14 bits per heavy atom. The van der Waals surface area contributed by atoms with E-state index in [-0.39, 0.29) is 5.91 Å². The van der Waals surface area contributed by atoms with Crippen molar-refractivity contribution in [3.63, 3.8) is 0 Å². The molecule has 0 fully saturated rings. The zero-order chi connectivity index (χ0) is 19.5. The number of aromatic nitrogens is 2. The van der Waals surface area contributed by atoms with Crippen molar-refractivity contribution in [2.75, 3.05) is 0 Å². The largest absolute Gasteiger partial charge is 0.348 e. The van der Waals surface area contributed by atoms with Crippen LogP contribution < -0.4 is 5.32 Å². The van der Waals surface area contributed by atoms with Gasteiger partial charge in [0.05, 0.1) is 34.0 Å². The number of fused-ring (bicyclic) bond motifs is 1. The van der Waals surface area contributed by atoms with Crippen molar-refractivity contribution in [1.82, 2.24) is 15.5 Å². The highest BCUT2D eigenvalue weighted by molar-refractivity contribution is 6.06. The van der Waals surface area contributed by atoms with Gasteiger partial charge in [0.2, 0.25) is 0 Å². The zero-order valence-corrected chi connectivity index (χ0v) is 15.1. The minimum atomic E-state index is -0.252. The molecular formula is C22H16N4O2. The number of hydrogen-bond donors (Lipinski definition) is 1. The number of carbonyl (C=O) groups is 1. The Morgan fingerprint density at radius 3 is 2.75 bits per heavy atom. The summed E-state index contributed by atoms with van der Waals surface area (Å²) in [6, 6.07) is 20.6. The number of nitrogens with one attached hydrogen (secondary N) is 1. The van der Waals surface area contributed by atoms with Crippen LogP contribution in [0.1, 0.15) is 27.2 Å². The molecule has 0 saturated carbocycles. The molecule has 1 N–H and O–H groups in total. The number of carbonyl (C=O) groups excluding carboxylic acids is 1. The van der Waals surface area contributed by atoms with Crippen molar-refractivity contribution >= 4 is 17.0 Å². The van der Waals surface area contributed by atoms with Gasteiger partial charge >= 0.3 is 0 Å². The molecule has 0 radical (unpaired) electrons. The first-order chi connectivity index (χ1) is 13.7. The molecule has 0 aliphatic carbocycles. The van der Waals surface area contributed by atoms with Gasteiger partial charge in [0.25, 0.3) is 11.6 Å². The maximum atomic E-state index is 12.9. The quantitative estimate of drug-likeness (QED) is 0.588. The van der Waals surface area contributed by atoms with Crippen molar-refractivity contribution in [3.05, 3.63) is 83.0 Å². The molecule has 4 aromatic rings. The predicted octanol–water partition coefficient (Wildman–Crippen LogP) is 4.00. The molecule has 2 aromatic carbocycles. The third-order valence-electron chi connectivity index (χ3n) is 4.44. The van der Waals surface area contributed by atoms with Crippen LogP contribution in [0.15, 0.2) is 65.2 Å². The molecule has 4 rings (SSSR count). The minimum absolute atomic E-state index is 0.252. The fourth-order valence-corrected chi connectivity index (χ4v) is 3.06. The number of pyridine rings is 1. The Bertz CT molecular complexity index is 1210. The summed E-state index contributed by atoms with van der Waals surface area (Å²) >= 11 is 0. The van der Waals surface area contributed by atoms with Gasteiger partial charge in [-0.3, -0.25) is 4.79 Å². The van der Waals surface area contributed by atoms with Gasteiger partial charge in [-0.25, -0.2) is 4.98 Å². The standard InChI is InChI=1S/C22H16N4O2/c1-14-20-18(21(27)24-13-16-7-5-6-15(10-16)12-23)11-19(25-22(20)28-26-14)17-8-3-2-4-9-17/h2-11H,13H2,1H3,(H,24,27). The van der Waals surface area contributed by atoms with Gasteiger partial charge in [0, 0.05) is 12.1 Å². The Labute approximate surface area is 161 Å². The minimum Gasteiger partial charge on any atom is -0.348 e. The molecule has 0 atom stereocenters. The Hall–Kier alpha value is -3.98. The lowest BCUT2D eigenvalue weighted by Gasteiger charge is -2.09. The van der Waals surface area contributed by atoms with E-state index in [0.717, 1.165) is 11.1 Å². The van der Waals surface area contributed by atoms with E-state index in [0.29, 0.717) is 40.2 Å². The van der Waals surface area contributed by atoms with Crippen molar-refractivity contribution in [3.8, 4) is 17.3 Å². The normalized spacial score (nSPS) is 10.6. The topological polar surface area (TPSA) is 91.8 Å². The summed E-state index contributed by atoms with van der Waals surface area (Å²) in [5.74, 6) is -0.252. The van der Waals surface area contributed by atoms with Crippen LogP contribution in [0.4, 0.5) is 0 Å². The van der Waals surface area contributed by atoms with Gasteiger partial charge < -0.3 is 9.84 Å². The van der Waals surface area contributed by atoms with Crippen molar-refractivity contribution in [2.45, 2.75) is 13.5 Å². The van der Waals surface area contributed by atoms with Gasteiger partial charge in [-0.15, -0.1) is 0 Å². The van der Waals surface area contributed by atoms with E-state index in [1.165, 1.54) is 0 Å². The first-order valence-electron chi connectivity index (χ1n) is 8.75. The smallest absolute Gasteiger partial charge is 0.259 e. The summed E-state index contributed by atoms with van der Waals surface area (Å²) in [5.41, 5.74) is 4.32. The fourth-order valence-electron chi connectivity index (χ4n) is 3.06. The average molecular weight is 368 g/mol. The Kier molecular flexibility index (Phi) is 4.56. The van der Waals surface area contributed by atoms with Crippen LogP contribution in [-0.4, -0.2) is 16.0 Å². The van der Waals surface area contributed by atoms with E-state index in [2.05, 4.69) is 21.5 Å². The molecule has 6 heteroatoms. The number of rotatable bonds is 4. The summed E-state index contributed by atoms with van der Waals surface area (Å²) in [4.78, 5) is 17.5. The van der Waals surface area contributed by atoms with E-state index >= 15 is 0 Å². The van der Waals surface area contributed by atoms with Gasteiger partial charge in [-0.1, -0.05) is 47.6 Å². The summed E-state index contributed by atoms with van der Waals surface area (Å²) in [6.45, 7) is 2.09. The van der Waals surface area contributed by atoms with Crippen molar-refractivity contribution in [1.29, 1.82) is 5.26 Å². The van der Waals surface area contributed by atoms with E-state index < -0.39 is 0 Å². The van der Waals surface area contributed by atoms with Crippen LogP contribution in [0.2, 0.25) is 0 Å². The second kappa shape index (κ2) is 7.33. The highest BCUT2D eigenvalue weighted by Gasteiger charge is 2.19. The Balaban J connectivity index is 1.69. The summed E-state index contributed by atoms with van der Waals surface area (Å²) in [7, 11) is 0. The number of nitriles is 1. The second-order valence-corrected chi connectivity index (χ2v) is 6.36. The van der Waals surface area contributed by atoms with E-state index in [1.807, 2.05) is 36.4 Å². The van der Waals surface area contributed by atoms with Crippen LogP contribution in [0, 0.1) is 18.3 Å². The maximum Gasteiger partial charge on any atom is 0.259 e. The summed E-state index contributed by atoms with van der Waals surface area (Å²) in [6.07, 6.45) is 0. The molecule has 2 aromatic heterocycles. The lowest BCUT2D eigenvalue weighted by molar-refractivity contribution is 0.0952. The average Bonchev–Trinajstić information content (AvgIpc) is 3.13. The second-order valence-electron chi connectivity index (χ2n) is 6.36. The van der Waals surface area contributed by atoms with E-state index in [1.54, 1.807) is 31.2 Å². The number of aryl methyl sites for hydroxylation is 1. The SMILES string of the molecule is Cc1noc2nc(-c3ccccc3)cc(C(=O)NCc3cccc(C#N)c3)c12. The molecule has 0 bridgehead atoms. The molecular weight excluding hydrogens is 352 g/mol. The van der Waals surface area contributed by atoms with Crippen LogP contribution in [0.3, 0.4) is 0 Å².